The van der Waals surface area contributed by atoms with Crippen LogP contribution in [-0.4, -0.2) is 67.1 Å². The van der Waals surface area contributed by atoms with Crippen LogP contribution in [0.4, 0.5) is 5.13 Å². The minimum absolute atomic E-state index is 0.0761. The lowest BCUT2D eigenvalue weighted by Gasteiger charge is -2.31. The van der Waals surface area contributed by atoms with Crippen LogP contribution in [0.25, 0.3) is 0 Å². The first-order chi connectivity index (χ1) is 17.0. The zero-order chi connectivity index (χ0) is 24.4. The highest BCUT2D eigenvalue weighted by atomic mass is 32.1. The fraction of sp³-hybridized carbons (Fsp3) is 0.333. The molecule has 5 rings (SSSR count). The van der Waals surface area contributed by atoms with E-state index >= 15 is 0 Å². The van der Waals surface area contributed by atoms with Gasteiger partial charge in [-0.15, -0.1) is 22.7 Å². The van der Waals surface area contributed by atoms with Crippen molar-refractivity contribution in [2.75, 3.05) is 38.3 Å². The second kappa shape index (κ2) is 10.2. The molecule has 182 valence electrons. The minimum atomic E-state index is -0.854. The van der Waals surface area contributed by atoms with Gasteiger partial charge in [0.05, 0.1) is 30.3 Å². The number of thiophene rings is 1. The molecule has 35 heavy (non-hydrogen) atoms. The Morgan fingerprint density at radius 2 is 2.00 bits per heavy atom. The molecule has 3 aromatic rings. The average Bonchev–Trinajstić information content (AvgIpc) is 3.65. The van der Waals surface area contributed by atoms with E-state index in [-0.39, 0.29) is 30.6 Å². The van der Waals surface area contributed by atoms with E-state index in [4.69, 9.17) is 14.2 Å². The van der Waals surface area contributed by atoms with Gasteiger partial charge in [0.1, 0.15) is 11.4 Å². The molecule has 1 fully saturated rings. The highest BCUT2D eigenvalue weighted by Gasteiger charge is 2.36. The van der Waals surface area contributed by atoms with E-state index in [2.05, 4.69) is 4.98 Å². The normalized spacial score (nSPS) is 19.2. The van der Waals surface area contributed by atoms with Crippen LogP contribution in [0.15, 0.2) is 47.2 Å². The summed E-state index contributed by atoms with van der Waals surface area (Å²) in [6.45, 7) is 1.37. The van der Waals surface area contributed by atoms with Crippen LogP contribution in [0.5, 0.6) is 5.75 Å². The summed E-state index contributed by atoms with van der Waals surface area (Å²) in [5.41, 5.74) is 0.951. The number of ketones is 1. The molecule has 4 heterocycles. The molecule has 1 aromatic carbocycles. The van der Waals surface area contributed by atoms with Crippen LogP contribution in [0.3, 0.4) is 0 Å². The molecule has 0 saturated carbocycles. The van der Waals surface area contributed by atoms with Crippen molar-refractivity contribution >= 4 is 45.4 Å². The highest BCUT2D eigenvalue weighted by molar-refractivity contribution is 7.14. The molecular weight excluding hydrogens is 490 g/mol. The summed E-state index contributed by atoms with van der Waals surface area (Å²) in [6.07, 6.45) is -1.23. The lowest BCUT2D eigenvalue weighted by Crippen LogP contribution is -2.46. The number of anilines is 1. The number of amides is 2. The van der Waals surface area contributed by atoms with Crippen LogP contribution in [0.2, 0.25) is 0 Å². The van der Waals surface area contributed by atoms with E-state index < -0.39 is 12.3 Å². The first-order valence-corrected chi connectivity index (χ1v) is 12.8. The van der Waals surface area contributed by atoms with Gasteiger partial charge in [0.2, 0.25) is 17.8 Å². The Bertz CT molecular complexity index is 1220. The molecule has 0 spiro atoms. The molecule has 2 aromatic heterocycles. The molecule has 9 nitrogen and oxygen atoms in total. The van der Waals surface area contributed by atoms with Gasteiger partial charge in [-0.3, -0.25) is 19.3 Å². The maximum atomic E-state index is 13.3. The molecule has 2 aliphatic rings. The van der Waals surface area contributed by atoms with Crippen LogP contribution in [0.1, 0.15) is 38.2 Å². The molecule has 2 amide bonds. The van der Waals surface area contributed by atoms with Gasteiger partial charge < -0.3 is 19.1 Å². The minimum Gasteiger partial charge on any atom is -0.475 e. The van der Waals surface area contributed by atoms with Gasteiger partial charge >= 0.3 is 0 Å². The maximum Gasteiger partial charge on any atom is 0.270 e. The summed E-state index contributed by atoms with van der Waals surface area (Å²) in [5.74, 6) is -0.0761. The van der Waals surface area contributed by atoms with Crippen molar-refractivity contribution in [1.29, 1.82) is 0 Å². The predicted molar refractivity (Wildman–Crippen MR) is 130 cm³/mol. The molecule has 11 heteroatoms. The SMILES string of the molecule is CN(C(=O)CCN(C(=O)c1cccs1)c1nc(C2Oc3ccccc3C2=O)cs1)C1COCCO1. The van der Waals surface area contributed by atoms with Crippen molar-refractivity contribution in [1.82, 2.24) is 9.88 Å². The Hall–Kier alpha value is -3.12. The van der Waals surface area contributed by atoms with Gasteiger partial charge in [0.15, 0.2) is 11.4 Å². The zero-order valence-electron chi connectivity index (χ0n) is 18.9. The molecule has 1 saturated heterocycles. The Morgan fingerprint density at radius 1 is 1.14 bits per heavy atom. The number of hydrogen-bond donors (Lipinski definition) is 0. The molecule has 2 unspecified atom stereocenters. The predicted octanol–water partition coefficient (Wildman–Crippen LogP) is 3.39. The smallest absolute Gasteiger partial charge is 0.270 e. The average molecular weight is 514 g/mol. The number of aromatic nitrogens is 1. The molecule has 0 N–H and O–H groups in total. The second-order valence-corrected chi connectivity index (χ2v) is 9.79. The third kappa shape index (κ3) is 4.85. The number of thiazole rings is 1. The van der Waals surface area contributed by atoms with Gasteiger partial charge in [-0.1, -0.05) is 18.2 Å². The number of rotatable bonds is 7. The van der Waals surface area contributed by atoms with Gasteiger partial charge in [-0.05, 0) is 23.6 Å². The number of para-hydroxylation sites is 1. The molecule has 0 radical (unpaired) electrons. The number of likely N-dealkylation sites (N-methyl/N-ethyl adjacent to an activating group) is 1. The summed E-state index contributed by atoms with van der Waals surface area (Å²) < 4.78 is 16.8. The monoisotopic (exact) mass is 513 g/mol. The number of carbonyl (C=O) groups excluding carboxylic acids is 3. The van der Waals surface area contributed by atoms with Gasteiger partial charge in [0, 0.05) is 25.4 Å². The largest absolute Gasteiger partial charge is 0.475 e. The fourth-order valence-electron chi connectivity index (χ4n) is 3.87. The molecule has 2 atom stereocenters. The fourth-order valence-corrected chi connectivity index (χ4v) is 5.40. The summed E-state index contributed by atoms with van der Waals surface area (Å²) in [6, 6.07) is 10.6. The summed E-state index contributed by atoms with van der Waals surface area (Å²) in [5, 5.41) is 3.94. The third-order valence-corrected chi connectivity index (χ3v) is 7.53. The number of carbonyl (C=O) groups is 3. The highest BCUT2D eigenvalue weighted by Crippen LogP contribution is 2.38. The van der Waals surface area contributed by atoms with Crippen molar-refractivity contribution < 1.29 is 28.6 Å². The molecule has 0 bridgehead atoms. The Morgan fingerprint density at radius 3 is 2.74 bits per heavy atom. The lowest BCUT2D eigenvalue weighted by molar-refractivity contribution is -0.167. The Kier molecular flexibility index (Phi) is 6.91. The number of fused-ring (bicyclic) bond motifs is 1. The quantitative estimate of drug-likeness (QED) is 0.478. The number of Topliss-reactive ketones (excluding diaryl/α,β-unsaturated/α-hetero) is 1. The first kappa shape index (κ1) is 23.6. The van der Waals surface area contributed by atoms with Gasteiger partial charge in [-0.25, -0.2) is 4.98 Å². The van der Waals surface area contributed by atoms with Gasteiger partial charge in [-0.2, -0.15) is 0 Å². The first-order valence-electron chi connectivity index (χ1n) is 11.1. The van der Waals surface area contributed by atoms with Crippen molar-refractivity contribution in [3.05, 3.63) is 63.3 Å². The van der Waals surface area contributed by atoms with Crippen LogP contribution in [0, 0.1) is 0 Å². The molecule has 0 aliphatic carbocycles. The second-order valence-electron chi connectivity index (χ2n) is 8.00. The van der Waals surface area contributed by atoms with E-state index in [9.17, 15) is 14.4 Å². The topological polar surface area (TPSA) is 98.3 Å². The number of benzene rings is 1. The number of hydrogen-bond acceptors (Lipinski definition) is 9. The third-order valence-electron chi connectivity index (χ3n) is 5.79. The van der Waals surface area contributed by atoms with Crippen LogP contribution in [-0.2, 0) is 14.3 Å². The van der Waals surface area contributed by atoms with E-state index in [0.29, 0.717) is 46.8 Å². The van der Waals surface area contributed by atoms with E-state index in [1.165, 1.54) is 32.5 Å². The van der Waals surface area contributed by atoms with E-state index in [1.807, 2.05) is 5.38 Å². The van der Waals surface area contributed by atoms with Crippen molar-refractivity contribution in [3.8, 4) is 5.75 Å². The zero-order valence-corrected chi connectivity index (χ0v) is 20.5. The Balaban J connectivity index is 1.33. The van der Waals surface area contributed by atoms with Gasteiger partial charge in [0.25, 0.3) is 5.91 Å². The lowest BCUT2D eigenvalue weighted by atomic mass is 10.1. The van der Waals surface area contributed by atoms with Crippen molar-refractivity contribution in [2.24, 2.45) is 0 Å². The summed E-state index contributed by atoms with van der Waals surface area (Å²) in [7, 11) is 1.66. The molecule has 2 aliphatic heterocycles. The molecular formula is C24H23N3O6S2. The number of ether oxygens (including phenoxy) is 3. The summed E-state index contributed by atoms with van der Waals surface area (Å²) >= 11 is 2.55. The van der Waals surface area contributed by atoms with Crippen LogP contribution >= 0.6 is 22.7 Å². The number of nitrogens with zero attached hydrogens (tertiary/aromatic N) is 3. The van der Waals surface area contributed by atoms with Crippen LogP contribution < -0.4 is 9.64 Å². The maximum absolute atomic E-state index is 13.3. The standard InChI is InChI=1S/C24H23N3O6S2/c1-26(20-13-31-10-11-32-20)19(28)8-9-27(23(30)18-7-4-12-34-18)24-25-16(14-35-24)22-21(29)15-5-2-3-6-17(15)33-22/h2-7,12,14,20,22H,8-11,13H2,1H3. The van der Waals surface area contributed by atoms with Crippen molar-refractivity contribution in [3.63, 3.8) is 0 Å². The van der Waals surface area contributed by atoms with E-state index in [0.717, 1.165) is 0 Å². The Labute approximate surface area is 209 Å². The van der Waals surface area contributed by atoms with Crippen molar-refractivity contribution in [2.45, 2.75) is 18.8 Å². The summed E-state index contributed by atoms with van der Waals surface area (Å²) in [4.78, 5) is 47.1. The van der Waals surface area contributed by atoms with E-state index in [1.54, 1.807) is 48.8 Å².